The van der Waals surface area contributed by atoms with E-state index in [9.17, 15) is 4.79 Å². The lowest BCUT2D eigenvalue weighted by Crippen LogP contribution is -2.27. The van der Waals surface area contributed by atoms with Crippen LogP contribution in [0.1, 0.15) is 19.3 Å². The molecule has 1 aliphatic carbocycles. The molecule has 0 unspecified atom stereocenters. The fraction of sp³-hybridized carbons (Fsp3) is 0.417. The minimum absolute atomic E-state index is 0.105. The molecular weight excluding hydrogens is 304 g/mol. The Morgan fingerprint density at radius 3 is 2.88 bits per heavy atom. The zero-order chi connectivity index (χ0) is 12.3. The third-order valence-electron chi connectivity index (χ3n) is 2.54. The Bertz CT molecular complexity index is 421. The van der Waals surface area contributed by atoms with Crippen LogP contribution >= 0.6 is 27.5 Å². The molecule has 1 aromatic rings. The van der Waals surface area contributed by atoms with Crippen molar-refractivity contribution in [1.82, 2.24) is 5.32 Å². The minimum Gasteiger partial charge on any atom is -0.383 e. The number of hydrogen-bond donors (Lipinski definition) is 2. The van der Waals surface area contributed by atoms with Crippen molar-refractivity contribution in [2.24, 2.45) is 0 Å². The van der Waals surface area contributed by atoms with E-state index < -0.39 is 0 Å². The Morgan fingerprint density at radius 1 is 1.47 bits per heavy atom. The van der Waals surface area contributed by atoms with Gasteiger partial charge in [-0.3, -0.25) is 4.79 Å². The maximum absolute atomic E-state index is 11.4. The van der Waals surface area contributed by atoms with E-state index in [1.807, 2.05) is 18.2 Å². The lowest BCUT2D eigenvalue weighted by molar-refractivity contribution is -0.120. The van der Waals surface area contributed by atoms with Crippen LogP contribution in [-0.2, 0) is 4.79 Å². The summed E-state index contributed by atoms with van der Waals surface area (Å²) in [5, 5.41) is 6.75. The minimum atomic E-state index is 0.105. The van der Waals surface area contributed by atoms with Gasteiger partial charge in [0, 0.05) is 23.5 Å². The molecule has 1 saturated carbocycles. The van der Waals surface area contributed by atoms with Gasteiger partial charge >= 0.3 is 0 Å². The topological polar surface area (TPSA) is 41.1 Å². The van der Waals surface area contributed by atoms with Gasteiger partial charge in [0.1, 0.15) is 0 Å². The second kappa shape index (κ2) is 5.74. The molecule has 0 bridgehead atoms. The molecule has 1 aromatic carbocycles. The third-order valence-corrected chi connectivity index (χ3v) is 3.35. The summed E-state index contributed by atoms with van der Waals surface area (Å²) in [4.78, 5) is 11.4. The average molecular weight is 318 g/mol. The summed E-state index contributed by atoms with van der Waals surface area (Å²) in [7, 11) is 0. The summed E-state index contributed by atoms with van der Waals surface area (Å²) in [6.07, 6.45) is 2.72. The number of carbonyl (C=O) groups is 1. The van der Waals surface area contributed by atoms with Crippen LogP contribution in [0.2, 0.25) is 5.02 Å². The molecule has 1 amide bonds. The summed E-state index contributed by atoms with van der Waals surface area (Å²) in [5.74, 6) is 0.105. The van der Waals surface area contributed by atoms with Crippen molar-refractivity contribution in [3.63, 3.8) is 0 Å². The molecule has 92 valence electrons. The molecule has 0 radical (unpaired) electrons. The summed E-state index contributed by atoms with van der Waals surface area (Å²) in [6, 6.07) is 6.07. The smallest absolute Gasteiger partial charge is 0.221 e. The van der Waals surface area contributed by atoms with Crippen LogP contribution < -0.4 is 10.6 Å². The van der Waals surface area contributed by atoms with Gasteiger partial charge in [0.05, 0.1) is 10.7 Å². The van der Waals surface area contributed by atoms with Crippen LogP contribution in [0.15, 0.2) is 22.7 Å². The van der Waals surface area contributed by atoms with E-state index in [2.05, 4.69) is 26.6 Å². The van der Waals surface area contributed by atoms with E-state index in [0.29, 0.717) is 24.0 Å². The molecule has 0 saturated heterocycles. The van der Waals surface area contributed by atoms with Gasteiger partial charge in [-0.15, -0.1) is 0 Å². The molecule has 17 heavy (non-hydrogen) atoms. The second-order valence-corrected chi connectivity index (χ2v) is 5.47. The first-order valence-electron chi connectivity index (χ1n) is 5.63. The van der Waals surface area contributed by atoms with Crippen LogP contribution in [0.5, 0.6) is 0 Å². The summed E-state index contributed by atoms with van der Waals surface area (Å²) < 4.78 is 0.944. The first kappa shape index (κ1) is 12.7. The highest BCUT2D eigenvalue weighted by molar-refractivity contribution is 9.10. The number of amides is 1. The van der Waals surface area contributed by atoms with Gasteiger partial charge in [-0.25, -0.2) is 0 Å². The molecule has 0 aliphatic heterocycles. The van der Waals surface area contributed by atoms with Crippen molar-refractivity contribution in [2.45, 2.75) is 25.3 Å². The Labute approximate surface area is 114 Å². The molecule has 1 fully saturated rings. The highest BCUT2D eigenvalue weighted by Crippen LogP contribution is 2.25. The molecule has 5 heteroatoms. The molecule has 0 heterocycles. The van der Waals surface area contributed by atoms with E-state index in [4.69, 9.17) is 11.6 Å². The van der Waals surface area contributed by atoms with Gasteiger partial charge in [-0.2, -0.15) is 0 Å². The van der Waals surface area contributed by atoms with Crippen molar-refractivity contribution in [3.8, 4) is 0 Å². The fourth-order valence-corrected chi connectivity index (χ4v) is 2.21. The van der Waals surface area contributed by atoms with Crippen LogP contribution in [-0.4, -0.2) is 18.5 Å². The highest BCUT2D eigenvalue weighted by atomic mass is 79.9. The average Bonchev–Trinajstić information content (AvgIpc) is 3.05. The van der Waals surface area contributed by atoms with Gasteiger partial charge in [0.25, 0.3) is 0 Å². The number of rotatable bonds is 5. The Balaban J connectivity index is 1.75. The Morgan fingerprint density at radius 2 is 2.24 bits per heavy atom. The van der Waals surface area contributed by atoms with Gasteiger partial charge in [0.15, 0.2) is 0 Å². The monoisotopic (exact) mass is 316 g/mol. The van der Waals surface area contributed by atoms with E-state index >= 15 is 0 Å². The molecule has 0 spiro atoms. The summed E-state index contributed by atoms with van der Waals surface area (Å²) in [6.45, 7) is 0.597. The van der Waals surface area contributed by atoms with Crippen LogP contribution in [0.4, 0.5) is 5.69 Å². The number of benzene rings is 1. The molecular formula is C12H14BrClN2O. The van der Waals surface area contributed by atoms with Crippen molar-refractivity contribution in [2.75, 3.05) is 11.9 Å². The third kappa shape index (κ3) is 4.21. The molecule has 1 aliphatic rings. The predicted molar refractivity (Wildman–Crippen MR) is 73.4 cm³/mol. The number of anilines is 1. The SMILES string of the molecule is O=C(CCNc1ccc(Br)cc1Cl)NC1CC1. The van der Waals surface area contributed by atoms with Crippen molar-refractivity contribution in [1.29, 1.82) is 0 Å². The lowest BCUT2D eigenvalue weighted by atomic mass is 10.3. The maximum Gasteiger partial charge on any atom is 0.221 e. The van der Waals surface area contributed by atoms with E-state index in [0.717, 1.165) is 23.0 Å². The van der Waals surface area contributed by atoms with Crippen molar-refractivity contribution >= 4 is 39.1 Å². The van der Waals surface area contributed by atoms with Gasteiger partial charge in [-0.05, 0) is 31.0 Å². The summed E-state index contributed by atoms with van der Waals surface area (Å²) >= 11 is 9.39. The molecule has 0 aromatic heterocycles. The first-order chi connectivity index (χ1) is 8.15. The number of nitrogens with one attached hydrogen (secondary N) is 2. The van der Waals surface area contributed by atoms with Crippen molar-refractivity contribution < 1.29 is 4.79 Å². The zero-order valence-corrected chi connectivity index (χ0v) is 11.6. The first-order valence-corrected chi connectivity index (χ1v) is 6.80. The number of carbonyl (C=O) groups excluding carboxylic acids is 1. The maximum atomic E-state index is 11.4. The molecule has 2 N–H and O–H groups in total. The van der Waals surface area contributed by atoms with Crippen molar-refractivity contribution in [3.05, 3.63) is 27.7 Å². The Kier molecular flexibility index (Phi) is 4.29. The van der Waals surface area contributed by atoms with E-state index in [1.165, 1.54) is 0 Å². The largest absolute Gasteiger partial charge is 0.383 e. The van der Waals surface area contributed by atoms with E-state index in [1.54, 1.807) is 0 Å². The predicted octanol–water partition coefficient (Wildman–Crippen LogP) is 3.18. The van der Waals surface area contributed by atoms with E-state index in [-0.39, 0.29) is 5.91 Å². The van der Waals surface area contributed by atoms with Gasteiger partial charge in [0.2, 0.25) is 5.91 Å². The van der Waals surface area contributed by atoms with Crippen LogP contribution in [0, 0.1) is 0 Å². The lowest BCUT2D eigenvalue weighted by Gasteiger charge is -2.08. The molecule has 2 rings (SSSR count). The number of halogens is 2. The standard InChI is InChI=1S/C12H14BrClN2O/c13-8-1-4-11(10(14)7-8)15-6-5-12(17)16-9-2-3-9/h1,4,7,9,15H,2-3,5-6H2,(H,16,17). The molecule has 3 nitrogen and oxygen atoms in total. The van der Waals surface area contributed by atoms with Crippen LogP contribution in [0.3, 0.4) is 0 Å². The number of hydrogen-bond acceptors (Lipinski definition) is 2. The van der Waals surface area contributed by atoms with Gasteiger partial charge in [-0.1, -0.05) is 27.5 Å². The highest BCUT2D eigenvalue weighted by Gasteiger charge is 2.22. The quantitative estimate of drug-likeness (QED) is 0.876. The Hall–Kier alpha value is -0.740. The second-order valence-electron chi connectivity index (χ2n) is 4.14. The molecule has 0 atom stereocenters. The fourth-order valence-electron chi connectivity index (χ4n) is 1.47. The van der Waals surface area contributed by atoms with Gasteiger partial charge < -0.3 is 10.6 Å². The zero-order valence-electron chi connectivity index (χ0n) is 9.30. The normalized spacial score (nSPS) is 14.5. The summed E-state index contributed by atoms with van der Waals surface area (Å²) in [5.41, 5.74) is 0.856. The van der Waals surface area contributed by atoms with Crippen LogP contribution in [0.25, 0.3) is 0 Å².